The number of nitrogens with zero attached hydrogens (tertiary/aromatic N) is 3. The molecule has 11 nitrogen and oxygen atoms in total. The number of piperazine rings is 1. The average Bonchev–Trinajstić information content (AvgIpc) is 3.38. The molecule has 0 spiro atoms. The van der Waals surface area contributed by atoms with Gasteiger partial charge < -0.3 is 24.3 Å². The number of alkyl halides is 6. The molecule has 1 amide bonds. The number of halogens is 6. The van der Waals surface area contributed by atoms with E-state index in [2.05, 4.69) is 9.80 Å². The van der Waals surface area contributed by atoms with Crippen LogP contribution in [0, 0.1) is 12.8 Å². The van der Waals surface area contributed by atoms with E-state index in [1.54, 1.807) is 6.26 Å². The molecule has 0 saturated carbocycles. The lowest BCUT2D eigenvalue weighted by molar-refractivity contribution is -0.193. The van der Waals surface area contributed by atoms with Crippen molar-refractivity contribution in [3.8, 4) is 0 Å². The first-order chi connectivity index (χ1) is 20.9. The van der Waals surface area contributed by atoms with Gasteiger partial charge in [0, 0.05) is 50.9 Å². The highest BCUT2D eigenvalue weighted by molar-refractivity contribution is 5.95. The molecule has 2 aliphatic rings. The number of fused-ring (bicyclic) bond motifs is 1. The largest absolute Gasteiger partial charge is 0.490 e. The molecular formula is C28H33F6N3O8. The lowest BCUT2D eigenvalue weighted by atomic mass is 10.1. The normalized spacial score (nSPS) is 19.1. The predicted octanol–water partition coefficient (Wildman–Crippen LogP) is 3.68. The van der Waals surface area contributed by atoms with Crippen LogP contribution in [0.4, 0.5) is 26.3 Å². The topological polar surface area (TPSA) is 141 Å². The highest BCUT2D eigenvalue weighted by atomic mass is 19.4. The minimum Gasteiger partial charge on any atom is -0.475 e. The number of amides is 1. The van der Waals surface area contributed by atoms with Gasteiger partial charge in [-0.1, -0.05) is 18.2 Å². The Bertz CT molecular complexity index is 1260. The minimum atomic E-state index is -5.08. The second-order valence-electron chi connectivity index (χ2n) is 10.0. The third-order valence-electron chi connectivity index (χ3n) is 6.73. The van der Waals surface area contributed by atoms with Crippen LogP contribution in [-0.2, 0) is 25.7 Å². The molecule has 1 aromatic carbocycles. The van der Waals surface area contributed by atoms with E-state index in [1.165, 1.54) is 0 Å². The molecule has 2 aromatic rings. The van der Waals surface area contributed by atoms with Crippen molar-refractivity contribution in [2.75, 3.05) is 45.9 Å². The number of esters is 1. The summed E-state index contributed by atoms with van der Waals surface area (Å²) in [5.41, 5.74) is 1.76. The summed E-state index contributed by atoms with van der Waals surface area (Å²) in [5.74, 6) is -4.91. The zero-order valence-electron chi connectivity index (χ0n) is 24.3. The summed E-state index contributed by atoms with van der Waals surface area (Å²) in [6, 6.07) is 11.7. The summed E-state index contributed by atoms with van der Waals surface area (Å²) < 4.78 is 74.4. The number of carboxylic acids is 2. The Hall–Kier alpha value is -4.12. The van der Waals surface area contributed by atoms with Gasteiger partial charge >= 0.3 is 30.3 Å². The summed E-state index contributed by atoms with van der Waals surface area (Å²) in [6.45, 7) is 8.96. The van der Waals surface area contributed by atoms with E-state index in [0.29, 0.717) is 39.3 Å². The average molecular weight is 654 g/mol. The number of rotatable bonds is 5. The Balaban J connectivity index is 0.000000421. The molecule has 0 bridgehead atoms. The summed E-state index contributed by atoms with van der Waals surface area (Å²) in [5, 5.41) is 14.2. The second-order valence-corrected chi connectivity index (χ2v) is 10.0. The summed E-state index contributed by atoms with van der Waals surface area (Å²) >= 11 is 0. The van der Waals surface area contributed by atoms with Crippen LogP contribution in [0.25, 0.3) is 0 Å². The first kappa shape index (κ1) is 37.1. The molecule has 2 saturated heterocycles. The number of hydrogen-bond donors (Lipinski definition) is 2. The Kier molecular flexibility index (Phi) is 13.4. The molecule has 0 aliphatic carbocycles. The van der Waals surface area contributed by atoms with Crippen molar-refractivity contribution in [1.82, 2.24) is 14.7 Å². The molecular weight excluding hydrogens is 620 g/mol. The predicted molar refractivity (Wildman–Crippen MR) is 144 cm³/mol. The number of aliphatic carboxylic acids is 2. The molecule has 4 rings (SSSR count). The van der Waals surface area contributed by atoms with Crippen molar-refractivity contribution in [2.24, 2.45) is 5.92 Å². The van der Waals surface area contributed by atoms with Gasteiger partial charge in [0.15, 0.2) is 0 Å². The zero-order valence-corrected chi connectivity index (χ0v) is 24.3. The molecule has 2 unspecified atom stereocenters. The molecule has 45 heavy (non-hydrogen) atoms. The maximum absolute atomic E-state index is 13.2. The van der Waals surface area contributed by atoms with Crippen molar-refractivity contribution in [3.63, 3.8) is 0 Å². The number of aryl methyl sites for hydroxylation is 1. The van der Waals surface area contributed by atoms with Crippen LogP contribution in [0.3, 0.4) is 0 Å². The first-order valence-electron chi connectivity index (χ1n) is 13.5. The van der Waals surface area contributed by atoms with Crippen molar-refractivity contribution in [2.45, 2.75) is 38.8 Å². The number of ether oxygens (including phenoxy) is 1. The summed E-state index contributed by atoms with van der Waals surface area (Å²) in [6.07, 6.45) is -8.49. The number of carbonyl (C=O) groups is 4. The fraction of sp³-hybridized carbons (Fsp3) is 0.500. The SMILES string of the molecule is CCOC(=O)C1CN(Cc2ccco2)CC2CN(C(=O)c3ccccc3C)CCN2C1.O=C(O)C(F)(F)F.O=C(O)C(F)(F)F. The molecule has 17 heteroatoms. The molecule has 1 aromatic heterocycles. The van der Waals surface area contributed by atoms with E-state index in [0.717, 1.165) is 30.0 Å². The van der Waals surface area contributed by atoms with Crippen molar-refractivity contribution in [3.05, 3.63) is 59.5 Å². The monoisotopic (exact) mass is 653 g/mol. The third kappa shape index (κ3) is 11.7. The smallest absolute Gasteiger partial charge is 0.475 e. The molecule has 2 aliphatic heterocycles. The second kappa shape index (κ2) is 16.3. The maximum atomic E-state index is 13.2. The summed E-state index contributed by atoms with van der Waals surface area (Å²) in [7, 11) is 0. The van der Waals surface area contributed by atoms with Gasteiger partial charge in [-0.25, -0.2) is 9.59 Å². The van der Waals surface area contributed by atoms with Crippen LogP contribution < -0.4 is 0 Å². The third-order valence-corrected chi connectivity index (χ3v) is 6.73. The fourth-order valence-corrected chi connectivity index (χ4v) is 4.66. The zero-order chi connectivity index (χ0) is 33.9. The Labute approximate surface area is 253 Å². The van der Waals surface area contributed by atoms with Crippen LogP contribution in [0.1, 0.15) is 28.6 Å². The maximum Gasteiger partial charge on any atom is 0.490 e. The highest BCUT2D eigenvalue weighted by Crippen LogP contribution is 2.23. The van der Waals surface area contributed by atoms with Gasteiger partial charge in [0.2, 0.25) is 0 Å². The van der Waals surface area contributed by atoms with E-state index >= 15 is 0 Å². The van der Waals surface area contributed by atoms with E-state index in [1.807, 2.05) is 55.1 Å². The van der Waals surface area contributed by atoms with E-state index in [9.17, 15) is 35.9 Å². The standard InChI is InChI=1S/C24H31N3O4.2C2HF3O2/c1-3-30-24(29)19-13-25(17-21-8-6-12-31-21)15-20-16-27(11-10-26(20)14-19)23(28)22-9-5-4-7-18(22)2;2*3-2(4,5)1(6)7/h4-9,12,19-20H,3,10-11,13-17H2,1-2H3;2*(H,6,7). The molecule has 2 fully saturated rings. The lowest BCUT2D eigenvalue weighted by Gasteiger charge is -2.41. The van der Waals surface area contributed by atoms with Gasteiger partial charge in [-0.15, -0.1) is 0 Å². The van der Waals surface area contributed by atoms with Gasteiger partial charge in [0.1, 0.15) is 5.76 Å². The van der Waals surface area contributed by atoms with E-state index < -0.39 is 24.3 Å². The highest BCUT2D eigenvalue weighted by Gasteiger charge is 2.40. The molecule has 2 N–H and O–H groups in total. The van der Waals surface area contributed by atoms with Crippen LogP contribution in [-0.4, -0.2) is 113 Å². The van der Waals surface area contributed by atoms with Crippen LogP contribution in [0.2, 0.25) is 0 Å². The van der Waals surface area contributed by atoms with Gasteiger partial charge in [-0.3, -0.25) is 19.4 Å². The Morgan fingerprint density at radius 2 is 1.49 bits per heavy atom. The van der Waals surface area contributed by atoms with Crippen molar-refractivity contribution < 1.29 is 64.9 Å². The Morgan fingerprint density at radius 3 is 2.00 bits per heavy atom. The molecule has 0 radical (unpaired) electrons. The molecule has 250 valence electrons. The summed E-state index contributed by atoms with van der Waals surface area (Å²) in [4.78, 5) is 50.1. The van der Waals surface area contributed by atoms with Gasteiger partial charge in [-0.2, -0.15) is 26.3 Å². The number of carboxylic acid groups (broad SMARTS) is 2. The van der Waals surface area contributed by atoms with E-state index in [-0.39, 0.29) is 23.8 Å². The fourth-order valence-electron chi connectivity index (χ4n) is 4.66. The first-order valence-corrected chi connectivity index (χ1v) is 13.5. The minimum absolute atomic E-state index is 0.0847. The number of benzene rings is 1. The number of carbonyl (C=O) groups excluding carboxylic acids is 2. The van der Waals surface area contributed by atoms with Crippen molar-refractivity contribution >= 4 is 23.8 Å². The van der Waals surface area contributed by atoms with Gasteiger partial charge in [0.25, 0.3) is 5.91 Å². The Morgan fingerprint density at radius 1 is 0.889 bits per heavy atom. The van der Waals surface area contributed by atoms with E-state index in [4.69, 9.17) is 29.0 Å². The quantitative estimate of drug-likeness (QED) is 0.363. The lowest BCUT2D eigenvalue weighted by Crippen LogP contribution is -2.57. The van der Waals surface area contributed by atoms with Crippen molar-refractivity contribution in [1.29, 1.82) is 0 Å². The molecule has 2 atom stereocenters. The van der Waals surface area contributed by atoms with Crippen LogP contribution >= 0.6 is 0 Å². The van der Waals surface area contributed by atoms with Gasteiger partial charge in [0.05, 0.1) is 25.3 Å². The number of hydrogen-bond acceptors (Lipinski definition) is 8. The number of furan rings is 1. The van der Waals surface area contributed by atoms with Crippen LogP contribution in [0.15, 0.2) is 47.1 Å². The molecule has 3 heterocycles. The van der Waals surface area contributed by atoms with Crippen LogP contribution in [0.5, 0.6) is 0 Å². The van der Waals surface area contributed by atoms with Gasteiger partial charge in [-0.05, 0) is 37.6 Å².